The summed E-state index contributed by atoms with van der Waals surface area (Å²) in [7, 11) is 0. The minimum absolute atomic E-state index is 0.313. The number of aromatic nitrogens is 3. The fourth-order valence-electron chi connectivity index (χ4n) is 1.67. The van der Waals surface area contributed by atoms with Crippen molar-refractivity contribution in [2.45, 2.75) is 33.2 Å². The highest BCUT2D eigenvalue weighted by Gasteiger charge is 2.02. The summed E-state index contributed by atoms with van der Waals surface area (Å²) in [4.78, 5) is 4.35. The van der Waals surface area contributed by atoms with Gasteiger partial charge in [0.05, 0.1) is 6.20 Å². The van der Waals surface area contributed by atoms with Gasteiger partial charge in [-0.3, -0.25) is 0 Å². The third kappa shape index (κ3) is 3.91. The summed E-state index contributed by atoms with van der Waals surface area (Å²) in [5.74, 6) is 1.22. The highest BCUT2D eigenvalue weighted by molar-refractivity contribution is 5.54. The second-order valence-corrected chi connectivity index (χ2v) is 4.64. The Balaban J connectivity index is 2.09. The summed E-state index contributed by atoms with van der Waals surface area (Å²) in [5.41, 5.74) is 2.26. The SMILES string of the molecule is CCc1ccc(Nc2nncc(NC(C)C)n2)cc1. The second kappa shape index (κ2) is 6.13. The van der Waals surface area contributed by atoms with Crippen LogP contribution in [0, 0.1) is 0 Å². The summed E-state index contributed by atoms with van der Waals surface area (Å²) < 4.78 is 0. The minimum Gasteiger partial charge on any atom is -0.366 e. The van der Waals surface area contributed by atoms with Crippen molar-refractivity contribution in [2.24, 2.45) is 0 Å². The molecule has 0 amide bonds. The summed E-state index contributed by atoms with van der Waals surface area (Å²) in [6.07, 6.45) is 2.65. The van der Waals surface area contributed by atoms with Gasteiger partial charge in [0.25, 0.3) is 0 Å². The summed E-state index contributed by atoms with van der Waals surface area (Å²) >= 11 is 0. The van der Waals surface area contributed by atoms with E-state index < -0.39 is 0 Å². The first-order chi connectivity index (χ1) is 9.17. The van der Waals surface area contributed by atoms with E-state index in [1.54, 1.807) is 6.20 Å². The topological polar surface area (TPSA) is 62.7 Å². The fraction of sp³-hybridized carbons (Fsp3) is 0.357. The number of nitrogens with zero attached hydrogens (tertiary/aromatic N) is 3. The van der Waals surface area contributed by atoms with Gasteiger partial charge in [0.2, 0.25) is 5.95 Å². The van der Waals surface area contributed by atoms with E-state index in [4.69, 9.17) is 0 Å². The molecule has 0 unspecified atom stereocenters. The van der Waals surface area contributed by atoms with E-state index in [-0.39, 0.29) is 0 Å². The summed E-state index contributed by atoms with van der Waals surface area (Å²) in [6.45, 7) is 6.24. The number of benzene rings is 1. The predicted molar refractivity (Wildman–Crippen MR) is 77.7 cm³/mol. The van der Waals surface area contributed by atoms with Crippen LogP contribution in [0.1, 0.15) is 26.3 Å². The van der Waals surface area contributed by atoms with Gasteiger partial charge in [-0.05, 0) is 38.0 Å². The molecule has 0 atom stereocenters. The first-order valence-corrected chi connectivity index (χ1v) is 6.49. The van der Waals surface area contributed by atoms with Crippen LogP contribution in [0.3, 0.4) is 0 Å². The first-order valence-electron chi connectivity index (χ1n) is 6.49. The van der Waals surface area contributed by atoms with Crippen molar-refractivity contribution >= 4 is 17.5 Å². The zero-order valence-electron chi connectivity index (χ0n) is 11.5. The third-order valence-electron chi connectivity index (χ3n) is 2.61. The molecule has 2 aromatic rings. The van der Waals surface area contributed by atoms with Gasteiger partial charge in [0.1, 0.15) is 0 Å². The van der Waals surface area contributed by atoms with Crippen molar-refractivity contribution in [3.8, 4) is 0 Å². The Kier molecular flexibility index (Phi) is 4.28. The molecule has 1 aromatic heterocycles. The second-order valence-electron chi connectivity index (χ2n) is 4.64. The van der Waals surface area contributed by atoms with Crippen LogP contribution < -0.4 is 10.6 Å². The number of hydrogen-bond acceptors (Lipinski definition) is 5. The number of hydrogen-bond donors (Lipinski definition) is 2. The van der Waals surface area contributed by atoms with Crippen molar-refractivity contribution in [3.63, 3.8) is 0 Å². The standard InChI is InChI=1S/C14H19N5/c1-4-11-5-7-12(8-6-11)17-14-18-13(9-15-19-14)16-10(2)3/h5-10H,4H2,1-3H3,(H2,16,17,18,19). The molecule has 0 aliphatic rings. The number of nitrogens with one attached hydrogen (secondary N) is 2. The Bertz CT molecular complexity index is 522. The lowest BCUT2D eigenvalue weighted by atomic mass is 10.1. The molecule has 0 aliphatic heterocycles. The van der Waals surface area contributed by atoms with Crippen LogP contribution in [0.2, 0.25) is 0 Å². The largest absolute Gasteiger partial charge is 0.366 e. The normalized spacial score (nSPS) is 10.5. The zero-order valence-corrected chi connectivity index (χ0v) is 11.5. The van der Waals surface area contributed by atoms with Crippen LogP contribution in [0.4, 0.5) is 17.5 Å². The van der Waals surface area contributed by atoms with E-state index in [0.29, 0.717) is 12.0 Å². The van der Waals surface area contributed by atoms with Crippen molar-refractivity contribution in [3.05, 3.63) is 36.0 Å². The van der Waals surface area contributed by atoms with Gasteiger partial charge in [-0.1, -0.05) is 19.1 Å². The van der Waals surface area contributed by atoms with E-state index in [2.05, 4.69) is 58.7 Å². The van der Waals surface area contributed by atoms with Gasteiger partial charge in [0.15, 0.2) is 5.82 Å². The lowest BCUT2D eigenvalue weighted by Gasteiger charge is -2.09. The van der Waals surface area contributed by atoms with Gasteiger partial charge in [0, 0.05) is 11.7 Å². The molecule has 2 N–H and O–H groups in total. The molecule has 0 saturated carbocycles. The number of anilines is 3. The molecule has 1 heterocycles. The van der Waals surface area contributed by atoms with Gasteiger partial charge in [-0.15, -0.1) is 5.10 Å². The van der Waals surface area contributed by atoms with Crippen LogP contribution in [-0.4, -0.2) is 21.2 Å². The Morgan fingerprint density at radius 3 is 2.53 bits per heavy atom. The molecule has 0 aliphatic carbocycles. The molecule has 0 fully saturated rings. The quantitative estimate of drug-likeness (QED) is 0.862. The molecular formula is C14H19N5. The van der Waals surface area contributed by atoms with Crippen molar-refractivity contribution in [1.82, 2.24) is 15.2 Å². The summed E-state index contributed by atoms with van der Waals surface area (Å²) in [6, 6.07) is 8.53. The van der Waals surface area contributed by atoms with Gasteiger partial charge in [-0.2, -0.15) is 10.1 Å². The Hall–Kier alpha value is -2.17. The van der Waals surface area contributed by atoms with Crippen LogP contribution >= 0.6 is 0 Å². The molecule has 5 nitrogen and oxygen atoms in total. The molecule has 0 radical (unpaired) electrons. The lowest BCUT2D eigenvalue weighted by Crippen LogP contribution is -2.12. The van der Waals surface area contributed by atoms with Crippen molar-refractivity contribution in [2.75, 3.05) is 10.6 Å². The van der Waals surface area contributed by atoms with E-state index in [0.717, 1.165) is 17.9 Å². The Morgan fingerprint density at radius 2 is 1.89 bits per heavy atom. The average Bonchev–Trinajstić information content (AvgIpc) is 2.39. The zero-order chi connectivity index (χ0) is 13.7. The third-order valence-corrected chi connectivity index (χ3v) is 2.61. The summed E-state index contributed by atoms with van der Waals surface area (Å²) in [5, 5.41) is 14.2. The van der Waals surface area contributed by atoms with Crippen molar-refractivity contribution < 1.29 is 0 Å². The molecule has 100 valence electrons. The smallest absolute Gasteiger partial charge is 0.249 e. The molecule has 0 saturated heterocycles. The molecule has 5 heteroatoms. The van der Waals surface area contributed by atoms with Crippen LogP contribution in [0.25, 0.3) is 0 Å². The fourth-order valence-corrected chi connectivity index (χ4v) is 1.67. The number of aryl methyl sites for hydroxylation is 1. The highest BCUT2D eigenvalue weighted by Crippen LogP contribution is 2.14. The van der Waals surface area contributed by atoms with Gasteiger partial charge >= 0.3 is 0 Å². The van der Waals surface area contributed by atoms with Crippen LogP contribution in [0.15, 0.2) is 30.5 Å². The maximum Gasteiger partial charge on any atom is 0.249 e. The predicted octanol–water partition coefficient (Wildman–Crippen LogP) is 3.00. The van der Waals surface area contributed by atoms with Crippen molar-refractivity contribution in [1.29, 1.82) is 0 Å². The Morgan fingerprint density at radius 1 is 1.16 bits per heavy atom. The maximum atomic E-state index is 4.35. The highest BCUT2D eigenvalue weighted by atomic mass is 15.3. The number of rotatable bonds is 5. The average molecular weight is 257 g/mol. The van der Waals surface area contributed by atoms with E-state index in [1.807, 2.05) is 12.1 Å². The van der Waals surface area contributed by atoms with Crippen LogP contribution in [-0.2, 0) is 6.42 Å². The molecule has 19 heavy (non-hydrogen) atoms. The van der Waals surface area contributed by atoms with E-state index in [9.17, 15) is 0 Å². The van der Waals surface area contributed by atoms with Gasteiger partial charge in [-0.25, -0.2) is 0 Å². The molecule has 0 spiro atoms. The first kappa shape index (κ1) is 13.3. The minimum atomic E-state index is 0.313. The van der Waals surface area contributed by atoms with E-state index in [1.165, 1.54) is 5.56 Å². The maximum absolute atomic E-state index is 4.35. The lowest BCUT2D eigenvalue weighted by molar-refractivity contribution is 0.873. The molecule has 0 bridgehead atoms. The molecule has 1 aromatic carbocycles. The van der Waals surface area contributed by atoms with E-state index >= 15 is 0 Å². The monoisotopic (exact) mass is 257 g/mol. The molecule has 2 rings (SSSR count). The van der Waals surface area contributed by atoms with Crippen LogP contribution in [0.5, 0.6) is 0 Å². The molecular weight excluding hydrogens is 238 g/mol. The van der Waals surface area contributed by atoms with Gasteiger partial charge < -0.3 is 10.6 Å². The Labute approximate surface area is 113 Å².